The molecule has 0 saturated heterocycles. The lowest BCUT2D eigenvalue weighted by atomic mass is 9.50. The third-order valence-electron chi connectivity index (χ3n) is 5.10. The molecule has 0 amide bonds. The van der Waals surface area contributed by atoms with Gasteiger partial charge in [0.25, 0.3) is 0 Å². The zero-order chi connectivity index (χ0) is 11.1. The van der Waals surface area contributed by atoms with E-state index in [1.165, 1.54) is 32.0 Å². The van der Waals surface area contributed by atoms with E-state index in [2.05, 4.69) is 20.8 Å². The van der Waals surface area contributed by atoms with Crippen LogP contribution in [0.4, 0.5) is 0 Å². The first kappa shape index (κ1) is 11.2. The van der Waals surface area contributed by atoms with Gasteiger partial charge in [0.2, 0.25) is 0 Å². The van der Waals surface area contributed by atoms with Crippen molar-refractivity contribution in [3.8, 4) is 0 Å². The van der Waals surface area contributed by atoms with Gasteiger partial charge in [-0.3, -0.25) is 0 Å². The molecular weight excluding hydrogens is 184 g/mol. The Morgan fingerprint density at radius 3 is 2.53 bits per heavy atom. The zero-order valence-corrected chi connectivity index (χ0v) is 10.4. The van der Waals surface area contributed by atoms with Gasteiger partial charge in [0.15, 0.2) is 0 Å². The van der Waals surface area contributed by atoms with E-state index >= 15 is 0 Å². The summed E-state index contributed by atoms with van der Waals surface area (Å²) in [5.74, 6) is 1.19. The molecule has 0 spiro atoms. The molecule has 2 saturated carbocycles. The summed E-state index contributed by atoms with van der Waals surface area (Å²) in [7, 11) is 0. The van der Waals surface area contributed by atoms with Gasteiger partial charge in [-0.25, -0.2) is 0 Å². The average molecular weight is 208 g/mol. The monoisotopic (exact) mass is 208 g/mol. The van der Waals surface area contributed by atoms with Gasteiger partial charge in [-0.05, 0) is 48.9 Å². The van der Waals surface area contributed by atoms with E-state index in [0.717, 1.165) is 18.8 Å². The van der Waals surface area contributed by atoms with E-state index in [9.17, 15) is 4.79 Å². The maximum Gasteiger partial charge on any atom is 0.123 e. The van der Waals surface area contributed by atoms with Crippen molar-refractivity contribution in [2.75, 3.05) is 0 Å². The lowest BCUT2D eigenvalue weighted by Gasteiger charge is -2.54. The summed E-state index contributed by atoms with van der Waals surface area (Å²) < 4.78 is 0. The van der Waals surface area contributed by atoms with E-state index in [1.54, 1.807) is 0 Å². The van der Waals surface area contributed by atoms with E-state index in [-0.39, 0.29) is 0 Å². The predicted octanol–water partition coefficient (Wildman–Crippen LogP) is 3.82. The van der Waals surface area contributed by atoms with Gasteiger partial charge in [0, 0.05) is 5.92 Å². The Balaban J connectivity index is 2.20. The molecule has 2 aliphatic rings. The summed E-state index contributed by atoms with van der Waals surface area (Å²) in [4.78, 5) is 10.9. The maximum absolute atomic E-state index is 10.9. The highest BCUT2D eigenvalue weighted by Gasteiger charge is 2.49. The first-order valence-corrected chi connectivity index (χ1v) is 6.43. The molecule has 0 heterocycles. The van der Waals surface area contributed by atoms with Gasteiger partial charge in [0.05, 0.1) is 0 Å². The second-order valence-corrected chi connectivity index (χ2v) is 6.73. The number of hydrogen-bond donors (Lipinski definition) is 0. The summed E-state index contributed by atoms with van der Waals surface area (Å²) >= 11 is 0. The van der Waals surface area contributed by atoms with Crippen LogP contribution in [0.5, 0.6) is 0 Å². The minimum Gasteiger partial charge on any atom is -0.303 e. The first-order valence-electron chi connectivity index (χ1n) is 6.43. The maximum atomic E-state index is 10.9. The first-order chi connectivity index (χ1) is 6.98. The fourth-order valence-corrected chi connectivity index (χ4v) is 4.42. The topological polar surface area (TPSA) is 17.1 Å². The number of fused-ring (bicyclic) bond motifs is 1. The highest BCUT2D eigenvalue weighted by molar-refractivity contribution is 5.53. The van der Waals surface area contributed by atoms with Crippen LogP contribution in [0, 0.1) is 22.7 Å². The van der Waals surface area contributed by atoms with Crippen molar-refractivity contribution in [1.29, 1.82) is 0 Å². The van der Waals surface area contributed by atoms with Gasteiger partial charge in [-0.2, -0.15) is 0 Å². The Labute approximate surface area is 93.6 Å². The fraction of sp³-hybridized carbons (Fsp3) is 0.929. The molecule has 2 rings (SSSR count). The Morgan fingerprint density at radius 1 is 1.13 bits per heavy atom. The van der Waals surface area contributed by atoms with Crippen molar-refractivity contribution in [2.45, 2.75) is 59.3 Å². The molecule has 2 fully saturated rings. The minimum absolute atomic E-state index is 0.347. The van der Waals surface area contributed by atoms with Crippen LogP contribution >= 0.6 is 0 Å². The van der Waals surface area contributed by atoms with Gasteiger partial charge >= 0.3 is 0 Å². The summed E-state index contributed by atoms with van der Waals surface area (Å²) in [5, 5.41) is 0. The molecule has 0 radical (unpaired) electrons. The average Bonchev–Trinajstić information content (AvgIpc) is 2.15. The molecule has 3 atom stereocenters. The third kappa shape index (κ3) is 1.86. The second-order valence-electron chi connectivity index (χ2n) is 6.73. The van der Waals surface area contributed by atoms with Crippen molar-refractivity contribution < 1.29 is 4.79 Å². The normalized spacial score (nSPS) is 44.5. The highest BCUT2D eigenvalue weighted by Crippen LogP contribution is 2.58. The third-order valence-corrected chi connectivity index (χ3v) is 5.10. The van der Waals surface area contributed by atoms with Crippen LogP contribution in [0.15, 0.2) is 0 Å². The van der Waals surface area contributed by atoms with Crippen LogP contribution < -0.4 is 0 Å². The zero-order valence-electron chi connectivity index (χ0n) is 10.4. The van der Waals surface area contributed by atoms with Crippen molar-refractivity contribution in [3.05, 3.63) is 0 Å². The van der Waals surface area contributed by atoms with Crippen LogP contribution in [-0.2, 0) is 4.79 Å². The van der Waals surface area contributed by atoms with E-state index in [4.69, 9.17) is 0 Å². The van der Waals surface area contributed by atoms with Gasteiger partial charge in [0.1, 0.15) is 6.29 Å². The van der Waals surface area contributed by atoms with E-state index < -0.39 is 0 Å². The molecule has 0 aromatic carbocycles. The molecule has 1 heteroatoms. The van der Waals surface area contributed by atoms with Crippen molar-refractivity contribution in [2.24, 2.45) is 22.7 Å². The molecule has 0 aromatic rings. The number of hydrogen-bond acceptors (Lipinski definition) is 1. The molecule has 0 aliphatic heterocycles. The van der Waals surface area contributed by atoms with Gasteiger partial charge in [-0.15, -0.1) is 0 Å². The van der Waals surface area contributed by atoms with E-state index in [1.807, 2.05) is 0 Å². The Bertz CT molecular complexity index is 256. The number of aldehydes is 1. The molecule has 1 nitrogen and oxygen atoms in total. The lowest BCUT2D eigenvalue weighted by molar-refractivity contribution is -0.117. The standard InChI is InChI=1S/C14H24O/c1-13(2)7-4-8-14(3)9-11(10-15)5-6-12(13)14/h10-12H,4-9H2,1-3H3/t11-,12-,14+/m0/s1. The Kier molecular flexibility index (Phi) is 2.68. The van der Waals surface area contributed by atoms with Crippen molar-refractivity contribution in [3.63, 3.8) is 0 Å². The summed E-state index contributed by atoms with van der Waals surface area (Å²) in [5.41, 5.74) is 0.951. The minimum atomic E-state index is 0.347. The molecule has 0 unspecified atom stereocenters. The fourth-order valence-electron chi connectivity index (χ4n) is 4.42. The van der Waals surface area contributed by atoms with Crippen LogP contribution in [0.2, 0.25) is 0 Å². The number of rotatable bonds is 1. The summed E-state index contributed by atoms with van der Waals surface area (Å²) in [6.45, 7) is 7.28. The quantitative estimate of drug-likeness (QED) is 0.599. The molecule has 86 valence electrons. The van der Waals surface area contributed by atoms with Crippen LogP contribution in [0.25, 0.3) is 0 Å². The van der Waals surface area contributed by atoms with Gasteiger partial charge < -0.3 is 4.79 Å². The van der Waals surface area contributed by atoms with Crippen LogP contribution in [-0.4, -0.2) is 6.29 Å². The summed E-state index contributed by atoms with van der Waals surface area (Å²) in [6.07, 6.45) is 8.81. The molecule has 0 bridgehead atoms. The van der Waals surface area contributed by atoms with E-state index in [0.29, 0.717) is 16.7 Å². The second kappa shape index (κ2) is 3.61. The molecule has 2 aliphatic carbocycles. The number of carbonyl (C=O) groups is 1. The molecule has 0 N–H and O–H groups in total. The Hall–Kier alpha value is -0.330. The predicted molar refractivity (Wildman–Crippen MR) is 62.6 cm³/mol. The van der Waals surface area contributed by atoms with Crippen molar-refractivity contribution in [1.82, 2.24) is 0 Å². The smallest absolute Gasteiger partial charge is 0.123 e. The SMILES string of the molecule is CC1(C)CCC[C@]2(C)C[C@@H](C=O)CC[C@@H]12. The number of carbonyl (C=O) groups excluding carboxylic acids is 1. The Morgan fingerprint density at radius 2 is 1.87 bits per heavy atom. The lowest BCUT2D eigenvalue weighted by Crippen LogP contribution is -2.46. The highest BCUT2D eigenvalue weighted by atomic mass is 16.1. The van der Waals surface area contributed by atoms with Crippen LogP contribution in [0.3, 0.4) is 0 Å². The van der Waals surface area contributed by atoms with Crippen molar-refractivity contribution >= 4 is 6.29 Å². The molecular formula is C14H24O. The van der Waals surface area contributed by atoms with Gasteiger partial charge in [-0.1, -0.05) is 27.2 Å². The van der Waals surface area contributed by atoms with Crippen LogP contribution in [0.1, 0.15) is 59.3 Å². The molecule has 0 aromatic heterocycles. The largest absolute Gasteiger partial charge is 0.303 e. The summed E-state index contributed by atoms with van der Waals surface area (Å²) in [6, 6.07) is 0. The molecule has 15 heavy (non-hydrogen) atoms.